The van der Waals surface area contributed by atoms with E-state index in [1.54, 1.807) is 18.7 Å². The molecule has 1 aromatic rings. The zero-order valence-electron chi connectivity index (χ0n) is 10.7. The molecule has 19 heavy (non-hydrogen) atoms. The SMILES string of the molecule is Cc1cc(S(=O)(=O)N2CCSCC2)cc(CN)c1F. The third-order valence-corrected chi connectivity index (χ3v) is 5.95. The number of hydrogen-bond donors (Lipinski definition) is 1. The molecule has 0 radical (unpaired) electrons. The summed E-state index contributed by atoms with van der Waals surface area (Å²) in [4.78, 5) is 0.138. The van der Waals surface area contributed by atoms with Gasteiger partial charge in [-0.3, -0.25) is 0 Å². The maximum Gasteiger partial charge on any atom is 0.243 e. The van der Waals surface area contributed by atoms with E-state index in [0.29, 0.717) is 18.7 Å². The van der Waals surface area contributed by atoms with Gasteiger partial charge in [0.05, 0.1) is 4.90 Å². The van der Waals surface area contributed by atoms with Crippen molar-refractivity contribution in [2.24, 2.45) is 5.73 Å². The monoisotopic (exact) mass is 304 g/mol. The van der Waals surface area contributed by atoms with Crippen LogP contribution in [0.3, 0.4) is 0 Å². The predicted octanol–water partition coefficient (Wildman–Crippen LogP) is 1.33. The van der Waals surface area contributed by atoms with Gasteiger partial charge in [-0.25, -0.2) is 12.8 Å². The molecule has 4 nitrogen and oxygen atoms in total. The Morgan fingerprint density at radius 1 is 1.37 bits per heavy atom. The van der Waals surface area contributed by atoms with Crippen LogP contribution < -0.4 is 5.73 Å². The minimum atomic E-state index is -3.54. The van der Waals surface area contributed by atoms with Crippen molar-refractivity contribution in [2.75, 3.05) is 24.6 Å². The number of nitrogens with zero attached hydrogens (tertiary/aromatic N) is 1. The molecular formula is C12H17FN2O2S2. The average Bonchev–Trinajstić information content (AvgIpc) is 2.42. The maximum absolute atomic E-state index is 13.7. The van der Waals surface area contributed by atoms with Gasteiger partial charge in [0.2, 0.25) is 10.0 Å². The van der Waals surface area contributed by atoms with Gasteiger partial charge >= 0.3 is 0 Å². The molecule has 0 bridgehead atoms. The zero-order chi connectivity index (χ0) is 14.0. The topological polar surface area (TPSA) is 63.4 Å². The molecule has 2 rings (SSSR count). The summed E-state index contributed by atoms with van der Waals surface area (Å²) in [5, 5.41) is 0. The summed E-state index contributed by atoms with van der Waals surface area (Å²) in [5.41, 5.74) is 6.01. The van der Waals surface area contributed by atoms with E-state index >= 15 is 0 Å². The molecule has 0 saturated carbocycles. The smallest absolute Gasteiger partial charge is 0.243 e. The van der Waals surface area contributed by atoms with Gasteiger partial charge in [0, 0.05) is 36.7 Å². The van der Waals surface area contributed by atoms with Crippen LogP contribution in [0.5, 0.6) is 0 Å². The van der Waals surface area contributed by atoms with Crippen LogP contribution in [0.15, 0.2) is 17.0 Å². The van der Waals surface area contributed by atoms with Crippen molar-refractivity contribution in [3.63, 3.8) is 0 Å². The van der Waals surface area contributed by atoms with Crippen LogP contribution in [0.1, 0.15) is 11.1 Å². The summed E-state index contributed by atoms with van der Waals surface area (Å²) in [6, 6.07) is 2.73. The van der Waals surface area contributed by atoms with Crippen molar-refractivity contribution in [2.45, 2.75) is 18.4 Å². The molecule has 106 valence electrons. The highest BCUT2D eigenvalue weighted by Gasteiger charge is 2.27. The lowest BCUT2D eigenvalue weighted by Gasteiger charge is -2.26. The van der Waals surface area contributed by atoms with Crippen molar-refractivity contribution < 1.29 is 12.8 Å². The molecule has 1 aliphatic heterocycles. The van der Waals surface area contributed by atoms with Crippen molar-refractivity contribution in [1.82, 2.24) is 4.31 Å². The van der Waals surface area contributed by atoms with E-state index in [-0.39, 0.29) is 17.0 Å². The van der Waals surface area contributed by atoms with Gasteiger partial charge in [-0.1, -0.05) is 0 Å². The molecule has 1 saturated heterocycles. The van der Waals surface area contributed by atoms with Gasteiger partial charge in [0.1, 0.15) is 5.82 Å². The van der Waals surface area contributed by atoms with E-state index in [4.69, 9.17) is 5.73 Å². The number of nitrogens with two attached hydrogens (primary N) is 1. The molecule has 0 atom stereocenters. The quantitative estimate of drug-likeness (QED) is 0.915. The first-order valence-electron chi connectivity index (χ1n) is 6.04. The highest BCUT2D eigenvalue weighted by atomic mass is 32.2. The normalized spacial score (nSPS) is 17.6. The Bertz CT molecular complexity index is 569. The summed E-state index contributed by atoms with van der Waals surface area (Å²) in [6.45, 7) is 2.55. The molecular weight excluding hydrogens is 287 g/mol. The molecule has 1 aromatic carbocycles. The van der Waals surface area contributed by atoms with E-state index in [1.165, 1.54) is 16.4 Å². The van der Waals surface area contributed by atoms with E-state index in [1.807, 2.05) is 0 Å². The fourth-order valence-corrected chi connectivity index (χ4v) is 4.75. The Morgan fingerprint density at radius 2 is 2.00 bits per heavy atom. The average molecular weight is 304 g/mol. The summed E-state index contributed by atoms with van der Waals surface area (Å²) < 4.78 is 40.1. The van der Waals surface area contributed by atoms with Gasteiger partial charge in [0.15, 0.2) is 0 Å². The van der Waals surface area contributed by atoms with Crippen LogP contribution in [0.25, 0.3) is 0 Å². The van der Waals surface area contributed by atoms with E-state index in [2.05, 4.69) is 0 Å². The molecule has 0 spiro atoms. The van der Waals surface area contributed by atoms with Gasteiger partial charge < -0.3 is 5.73 Å². The highest BCUT2D eigenvalue weighted by Crippen LogP contribution is 2.24. The van der Waals surface area contributed by atoms with Gasteiger partial charge in [-0.05, 0) is 24.6 Å². The molecule has 1 heterocycles. The summed E-state index contributed by atoms with van der Waals surface area (Å²) >= 11 is 1.74. The first-order valence-corrected chi connectivity index (χ1v) is 8.63. The Balaban J connectivity index is 2.42. The van der Waals surface area contributed by atoms with Crippen LogP contribution in [0.4, 0.5) is 4.39 Å². The fourth-order valence-electron chi connectivity index (χ4n) is 2.04. The van der Waals surface area contributed by atoms with E-state index in [0.717, 1.165) is 11.5 Å². The zero-order valence-corrected chi connectivity index (χ0v) is 12.4. The minimum Gasteiger partial charge on any atom is -0.326 e. The second-order valence-electron chi connectivity index (χ2n) is 4.43. The Hall–Kier alpha value is -0.630. The lowest BCUT2D eigenvalue weighted by Crippen LogP contribution is -2.38. The molecule has 0 unspecified atom stereocenters. The van der Waals surface area contributed by atoms with Gasteiger partial charge in [-0.15, -0.1) is 0 Å². The molecule has 0 amide bonds. The van der Waals surface area contributed by atoms with Crippen molar-refractivity contribution in [3.8, 4) is 0 Å². The largest absolute Gasteiger partial charge is 0.326 e. The van der Waals surface area contributed by atoms with Crippen LogP contribution >= 0.6 is 11.8 Å². The molecule has 7 heteroatoms. The lowest BCUT2D eigenvalue weighted by atomic mass is 10.1. The number of sulfonamides is 1. The number of aryl methyl sites for hydroxylation is 1. The molecule has 0 aromatic heterocycles. The molecule has 2 N–H and O–H groups in total. The van der Waals surface area contributed by atoms with Crippen LogP contribution in [0.2, 0.25) is 0 Å². The second kappa shape index (κ2) is 5.78. The first-order chi connectivity index (χ1) is 8.96. The summed E-state index contributed by atoms with van der Waals surface area (Å²) in [7, 11) is -3.54. The molecule has 1 aliphatic rings. The van der Waals surface area contributed by atoms with E-state index < -0.39 is 15.8 Å². The van der Waals surface area contributed by atoms with Gasteiger partial charge in [-0.2, -0.15) is 16.1 Å². The van der Waals surface area contributed by atoms with Crippen LogP contribution in [-0.2, 0) is 16.6 Å². The lowest BCUT2D eigenvalue weighted by molar-refractivity contribution is 0.443. The Morgan fingerprint density at radius 3 is 2.58 bits per heavy atom. The second-order valence-corrected chi connectivity index (χ2v) is 7.60. The number of rotatable bonds is 3. The summed E-state index contributed by atoms with van der Waals surface area (Å²) in [6.07, 6.45) is 0. The number of thioether (sulfide) groups is 1. The van der Waals surface area contributed by atoms with Crippen molar-refractivity contribution >= 4 is 21.8 Å². The number of halogens is 1. The Kier molecular flexibility index (Phi) is 4.50. The third kappa shape index (κ3) is 2.94. The van der Waals surface area contributed by atoms with Crippen molar-refractivity contribution in [1.29, 1.82) is 0 Å². The molecule has 0 aliphatic carbocycles. The maximum atomic E-state index is 13.7. The third-order valence-electron chi connectivity index (χ3n) is 3.13. The van der Waals surface area contributed by atoms with Crippen LogP contribution in [-0.4, -0.2) is 37.3 Å². The first kappa shape index (κ1) is 14.8. The Labute approximate surface area is 117 Å². The minimum absolute atomic E-state index is 0.00805. The number of hydrogen-bond acceptors (Lipinski definition) is 4. The number of benzene rings is 1. The van der Waals surface area contributed by atoms with Crippen LogP contribution in [0, 0.1) is 12.7 Å². The standard InChI is InChI=1S/C12H17FN2O2S2/c1-9-6-11(7-10(8-14)12(9)13)19(16,17)15-2-4-18-5-3-15/h6-7H,2-5,8,14H2,1H3. The van der Waals surface area contributed by atoms with Crippen molar-refractivity contribution in [3.05, 3.63) is 29.1 Å². The van der Waals surface area contributed by atoms with E-state index in [9.17, 15) is 12.8 Å². The summed E-state index contributed by atoms with van der Waals surface area (Å²) in [5.74, 6) is 1.17. The highest BCUT2D eigenvalue weighted by molar-refractivity contribution is 7.99. The van der Waals surface area contributed by atoms with Gasteiger partial charge in [0.25, 0.3) is 0 Å². The fraction of sp³-hybridized carbons (Fsp3) is 0.500. The molecule has 1 fully saturated rings. The predicted molar refractivity (Wildman–Crippen MR) is 75.1 cm³/mol.